The molecule has 0 fully saturated rings. The lowest BCUT2D eigenvalue weighted by atomic mass is 9.99. The molecule has 0 saturated carbocycles. The van der Waals surface area contributed by atoms with E-state index in [0.717, 1.165) is 23.5 Å². The zero-order chi connectivity index (χ0) is 13.6. The molecule has 0 spiro atoms. The van der Waals surface area contributed by atoms with E-state index in [0.29, 0.717) is 10.2 Å². The van der Waals surface area contributed by atoms with Crippen LogP contribution in [0.4, 0.5) is 11.5 Å². The van der Waals surface area contributed by atoms with Gasteiger partial charge in [0.1, 0.15) is 17.3 Å². The van der Waals surface area contributed by atoms with Gasteiger partial charge in [-0.15, -0.1) is 0 Å². The van der Waals surface area contributed by atoms with Gasteiger partial charge in [0.2, 0.25) is 0 Å². The summed E-state index contributed by atoms with van der Waals surface area (Å²) < 4.78 is 0. The van der Waals surface area contributed by atoms with E-state index in [1.54, 1.807) is 0 Å². The van der Waals surface area contributed by atoms with Crippen LogP contribution in [0, 0.1) is 0 Å². The average Bonchev–Trinajstić information content (AvgIpc) is 2.61. The summed E-state index contributed by atoms with van der Waals surface area (Å²) >= 11 is 12.3. The topological polar surface area (TPSA) is 29.0 Å². The van der Waals surface area contributed by atoms with Gasteiger partial charge in [-0.25, -0.2) is 9.97 Å². The lowest BCUT2D eigenvalue weighted by Gasteiger charge is -2.33. The maximum atomic E-state index is 6.18. The average molecular weight is 294 g/mol. The molecule has 5 heteroatoms. The van der Waals surface area contributed by atoms with Crippen molar-refractivity contribution >= 4 is 34.7 Å². The smallest absolute Gasteiger partial charge is 0.141 e. The van der Waals surface area contributed by atoms with Crippen LogP contribution in [0.5, 0.6) is 0 Å². The van der Waals surface area contributed by atoms with E-state index >= 15 is 0 Å². The van der Waals surface area contributed by atoms with E-state index in [-0.39, 0.29) is 5.54 Å². The highest BCUT2D eigenvalue weighted by atomic mass is 35.5. The van der Waals surface area contributed by atoms with Gasteiger partial charge in [-0.05, 0) is 32.0 Å². The van der Waals surface area contributed by atoms with Crippen LogP contribution in [0.1, 0.15) is 19.4 Å². The van der Waals surface area contributed by atoms with Gasteiger partial charge >= 0.3 is 0 Å². The molecule has 98 valence electrons. The van der Waals surface area contributed by atoms with E-state index in [1.807, 2.05) is 24.3 Å². The van der Waals surface area contributed by atoms with E-state index in [9.17, 15) is 0 Å². The van der Waals surface area contributed by atoms with E-state index in [1.165, 1.54) is 6.33 Å². The first-order valence-electron chi connectivity index (χ1n) is 6.04. The molecule has 0 saturated heterocycles. The molecule has 19 heavy (non-hydrogen) atoms. The fraction of sp³-hybridized carbons (Fsp3) is 0.286. The maximum Gasteiger partial charge on any atom is 0.141 e. The minimum atomic E-state index is -0.104. The van der Waals surface area contributed by atoms with Crippen LogP contribution >= 0.6 is 23.2 Å². The van der Waals surface area contributed by atoms with Crippen molar-refractivity contribution in [1.82, 2.24) is 9.97 Å². The highest BCUT2D eigenvalue weighted by molar-refractivity contribution is 6.31. The number of rotatable bonds is 1. The summed E-state index contributed by atoms with van der Waals surface area (Å²) in [6, 6.07) is 7.77. The van der Waals surface area contributed by atoms with E-state index in [4.69, 9.17) is 23.2 Å². The molecule has 3 rings (SSSR count). The molecule has 0 bridgehead atoms. The Morgan fingerprint density at radius 2 is 2.00 bits per heavy atom. The third-order valence-corrected chi connectivity index (χ3v) is 3.92. The zero-order valence-corrected chi connectivity index (χ0v) is 12.2. The Labute approximate surface area is 122 Å². The Balaban J connectivity index is 2.18. The molecular formula is C14H13Cl2N3. The van der Waals surface area contributed by atoms with Crippen molar-refractivity contribution in [3.8, 4) is 0 Å². The Kier molecular flexibility index (Phi) is 2.91. The van der Waals surface area contributed by atoms with Gasteiger partial charge in [-0.2, -0.15) is 0 Å². The molecule has 2 aromatic rings. The van der Waals surface area contributed by atoms with Gasteiger partial charge in [-0.3, -0.25) is 0 Å². The number of benzene rings is 1. The third kappa shape index (κ3) is 2.07. The second-order valence-corrected chi connectivity index (χ2v) is 6.07. The lowest BCUT2D eigenvalue weighted by Crippen LogP contribution is -2.37. The Hall–Kier alpha value is -1.32. The first-order chi connectivity index (χ1) is 8.99. The summed E-state index contributed by atoms with van der Waals surface area (Å²) in [7, 11) is 0. The molecule has 1 aliphatic heterocycles. The number of fused-ring (bicyclic) bond motifs is 1. The Morgan fingerprint density at radius 3 is 2.74 bits per heavy atom. The molecule has 1 aromatic carbocycles. The van der Waals surface area contributed by atoms with Crippen LogP contribution in [-0.4, -0.2) is 15.5 Å². The van der Waals surface area contributed by atoms with Gasteiger partial charge in [0, 0.05) is 28.2 Å². The van der Waals surface area contributed by atoms with Crippen LogP contribution < -0.4 is 4.90 Å². The molecule has 0 unspecified atom stereocenters. The van der Waals surface area contributed by atoms with Crippen LogP contribution in [0.2, 0.25) is 10.2 Å². The lowest BCUT2D eigenvalue weighted by molar-refractivity contribution is 0.532. The fourth-order valence-electron chi connectivity index (χ4n) is 2.61. The second kappa shape index (κ2) is 4.36. The highest BCUT2D eigenvalue weighted by Gasteiger charge is 2.39. The molecule has 1 aromatic heterocycles. The highest BCUT2D eigenvalue weighted by Crippen LogP contribution is 2.44. The number of hydrogen-bond donors (Lipinski definition) is 0. The van der Waals surface area contributed by atoms with Gasteiger partial charge < -0.3 is 4.90 Å². The third-order valence-electron chi connectivity index (χ3n) is 3.36. The molecular weight excluding hydrogens is 281 g/mol. The summed E-state index contributed by atoms with van der Waals surface area (Å²) in [5.74, 6) is 0.868. The van der Waals surface area contributed by atoms with Crippen molar-refractivity contribution in [3.05, 3.63) is 46.3 Å². The molecule has 2 heterocycles. The first-order valence-corrected chi connectivity index (χ1v) is 6.80. The minimum Gasteiger partial charge on any atom is -0.320 e. The van der Waals surface area contributed by atoms with Crippen molar-refractivity contribution < 1.29 is 0 Å². The Morgan fingerprint density at radius 1 is 1.21 bits per heavy atom. The fourth-order valence-corrected chi connectivity index (χ4v) is 2.99. The number of anilines is 2. The molecule has 0 N–H and O–H groups in total. The summed E-state index contributed by atoms with van der Waals surface area (Å²) in [4.78, 5) is 10.6. The number of halogens is 2. The van der Waals surface area contributed by atoms with Crippen molar-refractivity contribution in [1.29, 1.82) is 0 Å². The van der Waals surface area contributed by atoms with Crippen LogP contribution in [0.25, 0.3) is 0 Å². The standard InChI is InChI=1S/C14H13Cl2N3/c1-14(2)7-11-12(16)17-8-18-13(11)19(14)10-5-3-4-9(15)6-10/h3-6,8H,7H2,1-2H3. The van der Waals surface area contributed by atoms with E-state index in [2.05, 4.69) is 28.7 Å². The quantitative estimate of drug-likeness (QED) is 0.736. The van der Waals surface area contributed by atoms with Crippen molar-refractivity contribution in [2.24, 2.45) is 0 Å². The van der Waals surface area contributed by atoms with Gasteiger partial charge in [0.05, 0.1) is 0 Å². The molecule has 3 nitrogen and oxygen atoms in total. The number of nitrogens with zero attached hydrogens (tertiary/aromatic N) is 3. The van der Waals surface area contributed by atoms with Crippen molar-refractivity contribution in [2.75, 3.05) is 4.90 Å². The predicted octanol–water partition coefficient (Wildman–Crippen LogP) is 4.26. The first kappa shape index (κ1) is 12.7. The van der Waals surface area contributed by atoms with Crippen molar-refractivity contribution in [2.45, 2.75) is 25.8 Å². The second-order valence-electron chi connectivity index (χ2n) is 5.27. The predicted molar refractivity (Wildman–Crippen MR) is 78.4 cm³/mol. The van der Waals surface area contributed by atoms with Crippen LogP contribution in [-0.2, 0) is 6.42 Å². The van der Waals surface area contributed by atoms with Gasteiger partial charge in [-0.1, -0.05) is 29.3 Å². The maximum absolute atomic E-state index is 6.18. The van der Waals surface area contributed by atoms with Crippen LogP contribution in [0.15, 0.2) is 30.6 Å². The summed E-state index contributed by atoms with van der Waals surface area (Å²) in [5.41, 5.74) is 1.91. The minimum absolute atomic E-state index is 0.104. The zero-order valence-electron chi connectivity index (χ0n) is 10.7. The normalized spacial score (nSPS) is 16.5. The molecule has 0 amide bonds. The Bertz CT molecular complexity index is 640. The van der Waals surface area contributed by atoms with Gasteiger partial charge in [0.15, 0.2) is 0 Å². The molecule has 0 aliphatic carbocycles. The summed E-state index contributed by atoms with van der Waals surface area (Å²) in [5, 5.41) is 1.24. The monoisotopic (exact) mass is 293 g/mol. The number of aromatic nitrogens is 2. The summed E-state index contributed by atoms with van der Waals surface area (Å²) in [6.45, 7) is 4.32. The summed E-state index contributed by atoms with van der Waals surface area (Å²) in [6.07, 6.45) is 2.31. The molecule has 0 atom stereocenters. The largest absolute Gasteiger partial charge is 0.320 e. The molecule has 1 aliphatic rings. The SMILES string of the molecule is CC1(C)Cc2c(Cl)ncnc2N1c1cccc(Cl)c1. The van der Waals surface area contributed by atoms with Crippen LogP contribution in [0.3, 0.4) is 0 Å². The van der Waals surface area contributed by atoms with Crippen molar-refractivity contribution in [3.63, 3.8) is 0 Å². The van der Waals surface area contributed by atoms with Gasteiger partial charge in [0.25, 0.3) is 0 Å². The number of hydrogen-bond acceptors (Lipinski definition) is 3. The van der Waals surface area contributed by atoms with E-state index < -0.39 is 0 Å². The molecule has 0 radical (unpaired) electrons.